The normalized spacial score (nSPS) is 11.0. The highest BCUT2D eigenvalue weighted by Gasteiger charge is 2.35. The van der Waals surface area contributed by atoms with Crippen molar-refractivity contribution in [2.45, 2.75) is 0 Å². The first-order valence-corrected chi connectivity index (χ1v) is 17.3. The van der Waals surface area contributed by atoms with Gasteiger partial charge in [-0.1, -0.05) is 145 Å². The van der Waals surface area contributed by atoms with Crippen molar-refractivity contribution < 1.29 is 9.59 Å². The second-order valence-corrected chi connectivity index (χ2v) is 12.9. The highest BCUT2D eigenvalue weighted by molar-refractivity contribution is 6.31. The molecule has 0 aliphatic heterocycles. The second-order valence-electron chi connectivity index (χ2n) is 12.0. The van der Waals surface area contributed by atoms with Gasteiger partial charge in [0.1, 0.15) is 11.4 Å². The highest BCUT2D eigenvalue weighted by Crippen LogP contribution is 2.41. The van der Waals surface area contributed by atoms with Gasteiger partial charge in [-0.15, -0.1) is 0 Å². The van der Waals surface area contributed by atoms with Crippen LogP contribution in [0.1, 0.15) is 31.8 Å². The predicted molar refractivity (Wildman–Crippen MR) is 207 cm³/mol. The van der Waals surface area contributed by atoms with E-state index in [4.69, 9.17) is 33.4 Å². The minimum atomic E-state index is -0.268. The van der Waals surface area contributed by atoms with Gasteiger partial charge < -0.3 is 0 Å². The molecule has 8 aromatic rings. The van der Waals surface area contributed by atoms with Crippen LogP contribution in [-0.2, 0) is 0 Å². The van der Waals surface area contributed by atoms with Crippen molar-refractivity contribution in [3.8, 4) is 45.3 Å². The Kier molecular flexibility index (Phi) is 8.91. The third-order valence-electron chi connectivity index (χ3n) is 8.76. The molecule has 0 aliphatic carbocycles. The maximum atomic E-state index is 14.9. The van der Waals surface area contributed by atoms with Gasteiger partial charge in [0.25, 0.3) is 0 Å². The fraction of sp³-hybridized carbons (Fsp3) is 0. The molecular formula is C44H28Cl2N4O2. The predicted octanol–water partition coefficient (Wildman–Crippen LogP) is 10.8. The van der Waals surface area contributed by atoms with Gasteiger partial charge >= 0.3 is 0 Å². The molecule has 2 aromatic heterocycles. The van der Waals surface area contributed by atoms with E-state index in [0.717, 1.165) is 11.1 Å². The molecule has 52 heavy (non-hydrogen) atoms. The van der Waals surface area contributed by atoms with E-state index >= 15 is 0 Å². The lowest BCUT2D eigenvalue weighted by Gasteiger charge is -2.11. The number of hydrogen-bond donors (Lipinski definition) is 0. The minimum absolute atomic E-state index is 0.256. The molecule has 250 valence electrons. The first kappa shape index (κ1) is 32.8. The van der Waals surface area contributed by atoms with E-state index in [1.54, 1.807) is 57.9 Å². The van der Waals surface area contributed by atoms with Gasteiger partial charge in [0.05, 0.1) is 33.9 Å². The first-order valence-electron chi connectivity index (χ1n) is 16.6. The van der Waals surface area contributed by atoms with E-state index in [9.17, 15) is 9.59 Å². The van der Waals surface area contributed by atoms with Crippen LogP contribution in [0.4, 0.5) is 0 Å². The molecule has 0 spiro atoms. The number of nitrogens with zero attached hydrogens (tertiary/aromatic N) is 4. The molecule has 0 bridgehead atoms. The number of benzene rings is 6. The molecule has 8 heteroatoms. The zero-order valence-electron chi connectivity index (χ0n) is 27.5. The molecular weight excluding hydrogens is 687 g/mol. The topological polar surface area (TPSA) is 69.8 Å². The lowest BCUT2D eigenvalue weighted by atomic mass is 9.92. The van der Waals surface area contributed by atoms with Gasteiger partial charge in [-0.2, -0.15) is 10.2 Å². The van der Waals surface area contributed by atoms with E-state index in [1.165, 1.54) is 0 Å². The van der Waals surface area contributed by atoms with Crippen molar-refractivity contribution in [1.82, 2.24) is 19.6 Å². The van der Waals surface area contributed by atoms with Crippen molar-refractivity contribution in [3.05, 3.63) is 202 Å². The zero-order valence-corrected chi connectivity index (χ0v) is 29.0. The summed E-state index contributed by atoms with van der Waals surface area (Å²) in [6.07, 6.45) is 0. The van der Waals surface area contributed by atoms with E-state index in [2.05, 4.69) is 0 Å². The number of aromatic nitrogens is 4. The van der Waals surface area contributed by atoms with Crippen molar-refractivity contribution in [1.29, 1.82) is 0 Å². The van der Waals surface area contributed by atoms with Gasteiger partial charge in [-0.25, -0.2) is 9.36 Å². The summed E-state index contributed by atoms with van der Waals surface area (Å²) in [6.45, 7) is 0. The second kappa shape index (κ2) is 14.1. The molecule has 0 radical (unpaired) electrons. The molecule has 0 saturated heterocycles. The molecule has 0 atom stereocenters. The van der Waals surface area contributed by atoms with Crippen LogP contribution in [0.15, 0.2) is 170 Å². The summed E-state index contributed by atoms with van der Waals surface area (Å²) < 4.78 is 3.47. The van der Waals surface area contributed by atoms with Crippen LogP contribution in [0, 0.1) is 0 Å². The fourth-order valence-electron chi connectivity index (χ4n) is 6.33. The number of carbonyl (C=O) groups excluding carboxylic acids is 2. The van der Waals surface area contributed by atoms with Crippen LogP contribution in [0.5, 0.6) is 0 Å². The van der Waals surface area contributed by atoms with Crippen LogP contribution in [0.3, 0.4) is 0 Å². The molecule has 0 aliphatic rings. The number of carbonyl (C=O) groups is 2. The third-order valence-corrected chi connectivity index (χ3v) is 9.26. The summed E-state index contributed by atoms with van der Waals surface area (Å²) in [4.78, 5) is 29.9. The van der Waals surface area contributed by atoms with Gasteiger partial charge in [0.2, 0.25) is 0 Å². The molecule has 0 fully saturated rings. The van der Waals surface area contributed by atoms with Crippen molar-refractivity contribution >= 4 is 34.8 Å². The van der Waals surface area contributed by atoms with Crippen molar-refractivity contribution in [3.63, 3.8) is 0 Å². The monoisotopic (exact) mass is 714 g/mol. The van der Waals surface area contributed by atoms with Crippen LogP contribution in [0.2, 0.25) is 10.0 Å². The smallest absolute Gasteiger partial charge is 0.197 e. The van der Waals surface area contributed by atoms with Crippen molar-refractivity contribution in [2.24, 2.45) is 0 Å². The van der Waals surface area contributed by atoms with Crippen LogP contribution >= 0.6 is 23.2 Å². The van der Waals surface area contributed by atoms with Gasteiger partial charge in [0, 0.05) is 32.3 Å². The summed E-state index contributed by atoms with van der Waals surface area (Å²) in [5, 5.41) is 11.5. The van der Waals surface area contributed by atoms with E-state index in [0.29, 0.717) is 55.1 Å². The summed E-state index contributed by atoms with van der Waals surface area (Å²) in [5.41, 5.74) is 6.00. The number of halogens is 2. The van der Waals surface area contributed by atoms with E-state index in [-0.39, 0.29) is 23.0 Å². The zero-order chi connectivity index (χ0) is 35.6. The molecule has 2 heterocycles. The maximum absolute atomic E-state index is 14.9. The fourth-order valence-corrected chi connectivity index (χ4v) is 6.58. The molecule has 0 amide bonds. The molecule has 6 nitrogen and oxygen atoms in total. The van der Waals surface area contributed by atoms with Crippen LogP contribution < -0.4 is 0 Å². The Labute approximate surface area is 310 Å². The minimum Gasteiger partial charge on any atom is -0.288 e. The molecule has 0 N–H and O–H groups in total. The number of ketones is 2. The largest absolute Gasteiger partial charge is 0.288 e. The Bertz CT molecular complexity index is 2350. The SMILES string of the molecule is O=C(c1ccccc1)c1c(-c2nn(-c3ccc(Cl)cc3)c(-c3ccccc3)c2C(=O)c2ccccc2)nn(-c2ccc(Cl)cc2)c1-c1ccccc1. The summed E-state index contributed by atoms with van der Waals surface area (Å²) >= 11 is 12.7. The van der Waals surface area contributed by atoms with E-state index < -0.39 is 0 Å². The molecule has 8 rings (SSSR count). The number of hydrogen-bond acceptors (Lipinski definition) is 4. The maximum Gasteiger partial charge on any atom is 0.197 e. The van der Waals surface area contributed by atoms with Crippen LogP contribution in [0.25, 0.3) is 45.3 Å². The molecule has 0 unspecified atom stereocenters. The summed E-state index contributed by atoms with van der Waals surface area (Å²) in [6, 6.07) is 51.9. The lowest BCUT2D eigenvalue weighted by Crippen LogP contribution is -2.07. The van der Waals surface area contributed by atoms with Crippen LogP contribution in [-0.4, -0.2) is 31.1 Å². The van der Waals surface area contributed by atoms with Gasteiger partial charge in [-0.05, 0) is 48.5 Å². The van der Waals surface area contributed by atoms with Crippen molar-refractivity contribution in [2.75, 3.05) is 0 Å². The Hall–Kier alpha value is -6.34. The highest BCUT2D eigenvalue weighted by atomic mass is 35.5. The average Bonchev–Trinajstić information content (AvgIpc) is 3.79. The lowest BCUT2D eigenvalue weighted by molar-refractivity contribution is 0.103. The summed E-state index contributed by atoms with van der Waals surface area (Å²) in [7, 11) is 0. The van der Waals surface area contributed by atoms with Gasteiger partial charge in [0.15, 0.2) is 11.6 Å². The molecule has 6 aromatic carbocycles. The third kappa shape index (κ3) is 6.15. The number of rotatable bonds is 9. The summed E-state index contributed by atoms with van der Waals surface area (Å²) in [5.74, 6) is -0.537. The molecule has 0 saturated carbocycles. The Morgan fingerprint density at radius 2 is 0.712 bits per heavy atom. The Morgan fingerprint density at radius 1 is 0.404 bits per heavy atom. The average molecular weight is 716 g/mol. The standard InChI is InChI=1S/C44H28Cl2N4O2/c45-33-21-25-35(26-22-33)49-41(29-13-5-1-6-14-29)37(43(51)31-17-9-3-10-18-31)39(47-49)40-38(44(52)32-19-11-4-12-20-32)42(30-15-7-2-8-16-30)50(48-40)36-27-23-34(46)24-28-36/h1-28H. The quantitative estimate of drug-likeness (QED) is 0.140. The first-order chi connectivity index (χ1) is 25.5. The van der Waals surface area contributed by atoms with E-state index in [1.807, 2.05) is 121 Å². The van der Waals surface area contributed by atoms with Gasteiger partial charge in [-0.3, -0.25) is 9.59 Å². The Balaban J connectivity index is 1.53. The Morgan fingerprint density at radius 3 is 1.04 bits per heavy atom.